The molecule has 0 amide bonds. The number of ether oxygens (including phenoxy) is 1. The van der Waals surface area contributed by atoms with Crippen molar-refractivity contribution in [1.29, 1.82) is 0 Å². The lowest BCUT2D eigenvalue weighted by Gasteiger charge is -2.31. The van der Waals surface area contributed by atoms with Crippen LogP contribution in [0, 0.1) is 0 Å². The zero-order valence-electron chi connectivity index (χ0n) is 12.7. The van der Waals surface area contributed by atoms with Crippen LogP contribution in [0.15, 0.2) is 4.99 Å². The number of likely N-dealkylation sites (N-methyl/N-ethyl adjacent to an activating group) is 1. The van der Waals surface area contributed by atoms with Gasteiger partial charge >= 0.3 is 0 Å². The Labute approximate surface area is 134 Å². The van der Waals surface area contributed by atoms with Crippen LogP contribution in [-0.2, 0) is 4.74 Å². The Balaban J connectivity index is 0.00000324. The predicted octanol–water partition coefficient (Wildman–Crippen LogP) is 1.24. The summed E-state index contributed by atoms with van der Waals surface area (Å²) in [5.74, 6) is 0.959. The molecule has 0 radical (unpaired) electrons. The fourth-order valence-corrected chi connectivity index (χ4v) is 2.08. The van der Waals surface area contributed by atoms with Crippen LogP contribution in [0.25, 0.3) is 0 Å². The number of hydrogen-bond donors (Lipinski definition) is 1. The van der Waals surface area contributed by atoms with Crippen molar-refractivity contribution in [3.63, 3.8) is 0 Å². The van der Waals surface area contributed by atoms with Crippen molar-refractivity contribution >= 4 is 29.9 Å². The van der Waals surface area contributed by atoms with Gasteiger partial charge in [0.15, 0.2) is 5.96 Å². The van der Waals surface area contributed by atoms with Crippen molar-refractivity contribution in [3.8, 4) is 0 Å². The lowest BCUT2D eigenvalue weighted by atomic mass is 10.3. The fraction of sp³-hybridized carbons (Fsp3) is 0.923. The molecule has 1 aliphatic heterocycles. The molecule has 1 N–H and O–H groups in total. The van der Waals surface area contributed by atoms with Crippen molar-refractivity contribution in [2.45, 2.75) is 25.9 Å². The topological polar surface area (TPSA) is 40.1 Å². The minimum Gasteiger partial charge on any atom is -0.374 e. The van der Waals surface area contributed by atoms with E-state index in [9.17, 15) is 0 Å². The lowest BCUT2D eigenvalue weighted by molar-refractivity contribution is -0.0163. The third kappa shape index (κ3) is 7.31. The molecule has 1 saturated heterocycles. The molecule has 19 heavy (non-hydrogen) atoms. The van der Waals surface area contributed by atoms with Crippen LogP contribution in [0.2, 0.25) is 0 Å². The molecular formula is C13H29IN4O. The fourth-order valence-electron chi connectivity index (χ4n) is 2.08. The monoisotopic (exact) mass is 384 g/mol. The molecule has 0 saturated carbocycles. The number of unbranched alkanes of at least 4 members (excludes halogenated alkanes) is 1. The van der Waals surface area contributed by atoms with Crippen molar-refractivity contribution < 1.29 is 4.74 Å². The van der Waals surface area contributed by atoms with Gasteiger partial charge in [-0.25, -0.2) is 0 Å². The maximum Gasteiger partial charge on any atom is 0.193 e. The second kappa shape index (κ2) is 10.7. The summed E-state index contributed by atoms with van der Waals surface area (Å²) < 4.78 is 5.73. The molecule has 1 atom stereocenters. The second-order valence-corrected chi connectivity index (χ2v) is 4.96. The molecule has 0 aromatic carbocycles. The van der Waals surface area contributed by atoms with E-state index in [0.717, 1.165) is 38.7 Å². The van der Waals surface area contributed by atoms with Gasteiger partial charge in [-0.1, -0.05) is 13.3 Å². The molecule has 1 heterocycles. The number of nitrogens with one attached hydrogen (secondary N) is 1. The van der Waals surface area contributed by atoms with Gasteiger partial charge in [-0.2, -0.15) is 0 Å². The van der Waals surface area contributed by atoms with Gasteiger partial charge in [0, 0.05) is 40.3 Å². The molecule has 1 fully saturated rings. The molecule has 1 rings (SSSR count). The van der Waals surface area contributed by atoms with Gasteiger partial charge < -0.3 is 19.9 Å². The normalized spacial score (nSPS) is 20.8. The third-order valence-corrected chi connectivity index (χ3v) is 3.25. The minimum atomic E-state index is 0. The summed E-state index contributed by atoms with van der Waals surface area (Å²) in [7, 11) is 6.05. The number of halogens is 1. The number of hydrogen-bond acceptors (Lipinski definition) is 3. The highest BCUT2D eigenvalue weighted by Gasteiger charge is 2.18. The van der Waals surface area contributed by atoms with E-state index >= 15 is 0 Å². The first kappa shape index (κ1) is 18.9. The van der Waals surface area contributed by atoms with Gasteiger partial charge in [0.2, 0.25) is 0 Å². The standard InChI is InChI=1S/C13H28N4O.HI/c1-5-6-7-17(4)13(14-2)15-10-12-11-16(3)8-9-18-12;/h12H,5-11H2,1-4H3,(H,14,15);1H. The molecule has 1 aliphatic rings. The molecule has 0 spiro atoms. The Morgan fingerprint density at radius 1 is 1.53 bits per heavy atom. The molecule has 0 aromatic heterocycles. The summed E-state index contributed by atoms with van der Waals surface area (Å²) in [6.07, 6.45) is 2.66. The number of guanidine groups is 1. The van der Waals surface area contributed by atoms with Crippen molar-refractivity contribution in [2.24, 2.45) is 4.99 Å². The number of aliphatic imine (C=N–C) groups is 1. The van der Waals surface area contributed by atoms with Gasteiger partial charge in [0.25, 0.3) is 0 Å². The van der Waals surface area contributed by atoms with Gasteiger partial charge in [-0.15, -0.1) is 24.0 Å². The van der Waals surface area contributed by atoms with Crippen LogP contribution in [0.5, 0.6) is 0 Å². The average Bonchev–Trinajstić information content (AvgIpc) is 2.37. The summed E-state index contributed by atoms with van der Waals surface area (Å²) >= 11 is 0. The molecule has 5 nitrogen and oxygen atoms in total. The summed E-state index contributed by atoms with van der Waals surface area (Å²) in [5.41, 5.74) is 0. The van der Waals surface area contributed by atoms with E-state index in [2.05, 4.69) is 41.1 Å². The largest absolute Gasteiger partial charge is 0.374 e. The van der Waals surface area contributed by atoms with E-state index in [4.69, 9.17) is 4.74 Å². The second-order valence-electron chi connectivity index (χ2n) is 4.96. The Hall–Kier alpha value is -0.0800. The van der Waals surface area contributed by atoms with Gasteiger partial charge in [-0.3, -0.25) is 4.99 Å². The molecule has 0 bridgehead atoms. The Kier molecular flexibility index (Phi) is 10.6. The first-order valence-electron chi connectivity index (χ1n) is 6.89. The molecular weight excluding hydrogens is 355 g/mol. The Bertz CT molecular complexity index is 263. The van der Waals surface area contributed by atoms with E-state index in [1.165, 1.54) is 12.8 Å². The summed E-state index contributed by atoms with van der Waals surface area (Å²) in [4.78, 5) is 8.79. The highest BCUT2D eigenvalue weighted by Crippen LogP contribution is 2.02. The first-order valence-corrected chi connectivity index (χ1v) is 6.89. The zero-order valence-corrected chi connectivity index (χ0v) is 15.0. The predicted molar refractivity (Wildman–Crippen MR) is 91.6 cm³/mol. The lowest BCUT2D eigenvalue weighted by Crippen LogP contribution is -2.48. The summed E-state index contributed by atoms with van der Waals surface area (Å²) in [6.45, 7) is 6.92. The quantitative estimate of drug-likeness (QED) is 0.440. The molecule has 1 unspecified atom stereocenters. The average molecular weight is 384 g/mol. The first-order chi connectivity index (χ1) is 8.67. The van der Waals surface area contributed by atoms with Gasteiger partial charge in [0.05, 0.1) is 12.7 Å². The smallest absolute Gasteiger partial charge is 0.193 e. The number of rotatable bonds is 5. The van der Waals surface area contributed by atoms with Crippen LogP contribution in [0.3, 0.4) is 0 Å². The molecule has 0 aromatic rings. The van der Waals surface area contributed by atoms with Crippen molar-refractivity contribution in [2.75, 3.05) is 53.9 Å². The van der Waals surface area contributed by atoms with Crippen LogP contribution in [0.1, 0.15) is 19.8 Å². The van der Waals surface area contributed by atoms with E-state index in [1.54, 1.807) is 0 Å². The van der Waals surface area contributed by atoms with Crippen LogP contribution >= 0.6 is 24.0 Å². The van der Waals surface area contributed by atoms with E-state index in [1.807, 2.05) is 7.05 Å². The maximum absolute atomic E-state index is 5.73. The Morgan fingerprint density at radius 3 is 2.84 bits per heavy atom. The number of morpholine rings is 1. The molecule has 114 valence electrons. The van der Waals surface area contributed by atoms with E-state index in [0.29, 0.717) is 0 Å². The van der Waals surface area contributed by atoms with Crippen molar-refractivity contribution in [1.82, 2.24) is 15.1 Å². The van der Waals surface area contributed by atoms with Crippen LogP contribution < -0.4 is 5.32 Å². The van der Waals surface area contributed by atoms with Gasteiger partial charge in [0.1, 0.15) is 0 Å². The summed E-state index contributed by atoms with van der Waals surface area (Å²) in [5, 5.41) is 3.39. The highest BCUT2D eigenvalue weighted by atomic mass is 127. The number of nitrogens with zero attached hydrogens (tertiary/aromatic N) is 3. The Morgan fingerprint density at radius 2 is 2.26 bits per heavy atom. The minimum absolute atomic E-state index is 0. The zero-order chi connectivity index (χ0) is 13.4. The maximum atomic E-state index is 5.73. The SMILES string of the molecule is CCCCN(C)C(=NC)NCC1CN(C)CCO1.I. The van der Waals surface area contributed by atoms with E-state index in [-0.39, 0.29) is 30.1 Å². The van der Waals surface area contributed by atoms with E-state index < -0.39 is 0 Å². The van der Waals surface area contributed by atoms with Crippen LogP contribution in [0.4, 0.5) is 0 Å². The summed E-state index contributed by atoms with van der Waals surface area (Å²) in [6, 6.07) is 0. The third-order valence-electron chi connectivity index (χ3n) is 3.25. The highest BCUT2D eigenvalue weighted by molar-refractivity contribution is 14.0. The van der Waals surface area contributed by atoms with Gasteiger partial charge in [-0.05, 0) is 13.5 Å². The van der Waals surface area contributed by atoms with Crippen LogP contribution in [-0.4, -0.2) is 75.8 Å². The van der Waals surface area contributed by atoms with Crippen molar-refractivity contribution in [3.05, 3.63) is 0 Å². The molecule has 6 heteroatoms. The molecule has 0 aliphatic carbocycles.